The molecule has 39 heavy (non-hydrogen) atoms. The van der Waals surface area contributed by atoms with Crippen LogP contribution in [-0.2, 0) is 24.0 Å². The summed E-state index contributed by atoms with van der Waals surface area (Å²) in [4.78, 5) is 64.4. The van der Waals surface area contributed by atoms with Gasteiger partial charge in [-0.3, -0.25) is 24.0 Å². The molecule has 4 atom stereocenters. The fourth-order valence-corrected chi connectivity index (χ4v) is 4.83. The van der Waals surface area contributed by atoms with Crippen LogP contribution in [-0.4, -0.2) is 54.1 Å². The average Bonchev–Trinajstić information content (AvgIpc) is 3.59. The number of hydrogen-bond acceptors (Lipinski definition) is 5. The SMILES string of the molecule is CC[C@H](CC(=O)N[C@@H](CC(C)(C)C)C(=O)NC(C[C@@H]1CCNC1=O)C(=O)C(=O)NC1CC1)c1ccc(F)cc1. The molecule has 1 aliphatic heterocycles. The lowest BCUT2D eigenvalue weighted by Crippen LogP contribution is -2.55. The summed E-state index contributed by atoms with van der Waals surface area (Å²) in [5, 5.41) is 10.9. The van der Waals surface area contributed by atoms with Crippen molar-refractivity contribution in [3.05, 3.63) is 35.6 Å². The molecule has 0 bridgehead atoms. The Labute approximate surface area is 229 Å². The summed E-state index contributed by atoms with van der Waals surface area (Å²) in [6.45, 7) is 8.20. The molecule has 1 heterocycles. The van der Waals surface area contributed by atoms with Gasteiger partial charge in [0, 0.05) is 24.9 Å². The first-order chi connectivity index (χ1) is 18.4. The van der Waals surface area contributed by atoms with Crippen LogP contribution in [0.1, 0.15) is 84.1 Å². The van der Waals surface area contributed by atoms with Crippen molar-refractivity contribution in [1.82, 2.24) is 21.3 Å². The number of Topliss-reactive ketones (excluding diaryl/α,β-unsaturated/α-hetero) is 1. The summed E-state index contributed by atoms with van der Waals surface area (Å²) in [5.41, 5.74) is 0.484. The van der Waals surface area contributed by atoms with Crippen LogP contribution in [0.4, 0.5) is 4.39 Å². The summed E-state index contributed by atoms with van der Waals surface area (Å²) in [7, 11) is 0. The van der Waals surface area contributed by atoms with E-state index in [2.05, 4.69) is 21.3 Å². The highest BCUT2D eigenvalue weighted by atomic mass is 19.1. The van der Waals surface area contributed by atoms with E-state index in [0.717, 1.165) is 18.4 Å². The fraction of sp³-hybridized carbons (Fsp3) is 0.621. The third-order valence-electron chi connectivity index (χ3n) is 7.19. The minimum absolute atomic E-state index is 0.00710. The number of amides is 4. The van der Waals surface area contributed by atoms with Crippen LogP contribution in [0.3, 0.4) is 0 Å². The third kappa shape index (κ3) is 9.44. The van der Waals surface area contributed by atoms with Crippen molar-refractivity contribution in [2.24, 2.45) is 11.3 Å². The van der Waals surface area contributed by atoms with Crippen molar-refractivity contribution in [2.45, 2.75) is 96.7 Å². The number of hydrogen-bond donors (Lipinski definition) is 4. The van der Waals surface area contributed by atoms with Crippen molar-refractivity contribution in [3.63, 3.8) is 0 Å². The van der Waals surface area contributed by atoms with Crippen LogP contribution in [0.25, 0.3) is 0 Å². The molecule has 2 aliphatic rings. The lowest BCUT2D eigenvalue weighted by Gasteiger charge is -2.28. The second-order valence-electron chi connectivity index (χ2n) is 11.9. The van der Waals surface area contributed by atoms with Gasteiger partial charge in [-0.15, -0.1) is 0 Å². The summed E-state index contributed by atoms with van der Waals surface area (Å²) >= 11 is 0. The lowest BCUT2D eigenvalue weighted by atomic mass is 9.87. The predicted molar refractivity (Wildman–Crippen MR) is 144 cm³/mol. The molecule has 0 aromatic heterocycles. The normalized spacial score (nSPS) is 19.4. The molecule has 4 N–H and O–H groups in total. The van der Waals surface area contributed by atoms with Gasteiger partial charge in [0.05, 0.1) is 6.04 Å². The van der Waals surface area contributed by atoms with E-state index in [1.54, 1.807) is 12.1 Å². The van der Waals surface area contributed by atoms with Crippen molar-refractivity contribution in [1.29, 1.82) is 0 Å². The van der Waals surface area contributed by atoms with Crippen LogP contribution < -0.4 is 21.3 Å². The summed E-state index contributed by atoms with van der Waals surface area (Å²) in [6.07, 6.45) is 3.15. The zero-order chi connectivity index (χ0) is 28.7. The highest BCUT2D eigenvalue weighted by Gasteiger charge is 2.37. The maximum Gasteiger partial charge on any atom is 0.289 e. The van der Waals surface area contributed by atoms with Gasteiger partial charge in [0.2, 0.25) is 23.5 Å². The third-order valence-corrected chi connectivity index (χ3v) is 7.19. The molecule has 2 fully saturated rings. The molecule has 3 rings (SSSR count). The number of nitrogens with one attached hydrogen (secondary N) is 4. The molecule has 0 radical (unpaired) electrons. The van der Waals surface area contributed by atoms with E-state index in [-0.39, 0.29) is 54.3 Å². The monoisotopic (exact) mass is 544 g/mol. The Kier molecular flexibility index (Phi) is 10.2. The van der Waals surface area contributed by atoms with E-state index in [9.17, 15) is 28.4 Å². The van der Waals surface area contributed by atoms with E-state index in [1.165, 1.54) is 12.1 Å². The maximum absolute atomic E-state index is 13.5. The molecule has 1 saturated heterocycles. The summed E-state index contributed by atoms with van der Waals surface area (Å²) in [5.74, 6) is -3.72. The highest BCUT2D eigenvalue weighted by Crippen LogP contribution is 2.25. The average molecular weight is 545 g/mol. The molecule has 214 valence electrons. The number of halogens is 1. The molecule has 1 aromatic rings. The lowest BCUT2D eigenvalue weighted by molar-refractivity contribution is -0.141. The molecule has 9 nitrogen and oxygen atoms in total. The standard InChI is InChI=1S/C29H41FN4O5/c1-5-17(18-6-8-20(30)9-7-18)15-24(35)33-23(16-29(2,3)4)27(38)34-22(14-19-12-13-31-26(19)37)25(36)28(39)32-21-10-11-21/h6-9,17,19,21-23H,5,10-16H2,1-4H3,(H,31,37)(H,32,39)(H,33,35)(H,34,38)/t17-,19+,22?,23+/m1/s1. The van der Waals surface area contributed by atoms with Crippen LogP contribution in [0, 0.1) is 17.2 Å². The Bertz CT molecular complexity index is 1060. The number of carbonyl (C=O) groups is 5. The first kappa shape index (κ1) is 30.2. The minimum Gasteiger partial charge on any atom is -0.356 e. The van der Waals surface area contributed by atoms with Gasteiger partial charge in [-0.05, 0) is 67.6 Å². The van der Waals surface area contributed by atoms with Gasteiger partial charge < -0.3 is 21.3 Å². The predicted octanol–water partition coefficient (Wildman–Crippen LogP) is 2.49. The van der Waals surface area contributed by atoms with Crippen molar-refractivity contribution < 1.29 is 28.4 Å². The molecule has 10 heteroatoms. The molecule has 0 spiro atoms. The second kappa shape index (κ2) is 13.2. The van der Waals surface area contributed by atoms with E-state index in [1.807, 2.05) is 27.7 Å². The second-order valence-corrected chi connectivity index (χ2v) is 11.9. The highest BCUT2D eigenvalue weighted by molar-refractivity contribution is 6.38. The zero-order valence-electron chi connectivity index (χ0n) is 23.3. The Hall–Kier alpha value is -3.30. The van der Waals surface area contributed by atoms with Gasteiger partial charge in [-0.1, -0.05) is 39.8 Å². The van der Waals surface area contributed by atoms with Gasteiger partial charge in [-0.2, -0.15) is 0 Å². The molecule has 1 aliphatic carbocycles. The Morgan fingerprint density at radius 1 is 1.03 bits per heavy atom. The van der Waals surface area contributed by atoms with Gasteiger partial charge in [0.1, 0.15) is 11.9 Å². The van der Waals surface area contributed by atoms with Gasteiger partial charge in [0.15, 0.2) is 0 Å². The first-order valence-corrected chi connectivity index (χ1v) is 13.8. The van der Waals surface area contributed by atoms with E-state index >= 15 is 0 Å². The van der Waals surface area contributed by atoms with Crippen LogP contribution in [0.5, 0.6) is 0 Å². The Morgan fingerprint density at radius 3 is 2.23 bits per heavy atom. The van der Waals surface area contributed by atoms with Gasteiger partial charge >= 0.3 is 0 Å². The Balaban J connectivity index is 1.73. The number of ketones is 1. The summed E-state index contributed by atoms with van der Waals surface area (Å²) < 4.78 is 13.4. The number of rotatable bonds is 13. The van der Waals surface area contributed by atoms with Crippen LogP contribution in [0.2, 0.25) is 0 Å². The van der Waals surface area contributed by atoms with Gasteiger partial charge in [0.25, 0.3) is 5.91 Å². The molecule has 1 saturated carbocycles. The van der Waals surface area contributed by atoms with E-state index in [4.69, 9.17) is 0 Å². The number of benzene rings is 1. The smallest absolute Gasteiger partial charge is 0.289 e. The zero-order valence-corrected chi connectivity index (χ0v) is 23.3. The maximum atomic E-state index is 13.5. The Morgan fingerprint density at radius 2 is 1.69 bits per heavy atom. The molecule has 4 amide bonds. The van der Waals surface area contributed by atoms with E-state index in [0.29, 0.717) is 19.4 Å². The van der Waals surface area contributed by atoms with E-state index < -0.39 is 35.6 Å². The molecule has 1 unspecified atom stereocenters. The van der Waals surface area contributed by atoms with Crippen molar-refractivity contribution in [2.75, 3.05) is 6.54 Å². The van der Waals surface area contributed by atoms with Crippen LogP contribution in [0.15, 0.2) is 24.3 Å². The topological polar surface area (TPSA) is 133 Å². The fourth-order valence-electron chi connectivity index (χ4n) is 4.83. The van der Waals surface area contributed by atoms with Crippen molar-refractivity contribution in [3.8, 4) is 0 Å². The molecular weight excluding hydrogens is 503 g/mol. The number of carbonyl (C=O) groups excluding carboxylic acids is 5. The molecular formula is C29H41FN4O5. The van der Waals surface area contributed by atoms with Crippen molar-refractivity contribution >= 4 is 29.4 Å². The van der Waals surface area contributed by atoms with Crippen LogP contribution >= 0.6 is 0 Å². The first-order valence-electron chi connectivity index (χ1n) is 13.8. The largest absolute Gasteiger partial charge is 0.356 e. The van der Waals surface area contributed by atoms with Gasteiger partial charge in [-0.25, -0.2) is 4.39 Å². The molecule has 1 aromatic carbocycles. The minimum atomic E-state index is -1.19. The summed E-state index contributed by atoms with van der Waals surface area (Å²) in [6, 6.07) is 3.83. The quantitative estimate of drug-likeness (QED) is 0.283.